The van der Waals surface area contributed by atoms with E-state index in [-0.39, 0.29) is 36.7 Å². The normalized spacial score (nSPS) is 20.5. The van der Waals surface area contributed by atoms with E-state index in [2.05, 4.69) is 15.0 Å². The number of nitrogens with one attached hydrogen (secondary N) is 1. The molecule has 4 heterocycles. The van der Waals surface area contributed by atoms with Gasteiger partial charge in [0.25, 0.3) is 5.91 Å². The average Bonchev–Trinajstić information content (AvgIpc) is 4.12. The molecule has 6 aromatic rings. The number of hydrogen-bond acceptors (Lipinski definition) is 13. The number of nitrogens with zero attached hydrogens (tertiary/aromatic N) is 3. The van der Waals surface area contributed by atoms with Gasteiger partial charge in [-0.2, -0.15) is 4.98 Å². The van der Waals surface area contributed by atoms with Crippen LogP contribution in [0.15, 0.2) is 151 Å². The van der Waals surface area contributed by atoms with Gasteiger partial charge in [0.05, 0.1) is 34.0 Å². The highest BCUT2D eigenvalue weighted by Gasteiger charge is 2.70. The molecule has 1 N–H and O–H groups in total. The lowest BCUT2D eigenvalue weighted by atomic mass is 9.79. The number of rotatable bonds is 19. The molecule has 2 unspecified atom stereocenters. The third-order valence-corrected chi connectivity index (χ3v) is 17.7. The van der Waals surface area contributed by atoms with Crippen molar-refractivity contribution in [2.75, 3.05) is 64.0 Å². The first kappa shape index (κ1) is 47.7. The monoisotopic (exact) mass is 972 g/mol. The smallest absolute Gasteiger partial charge is 0.352 e. The van der Waals surface area contributed by atoms with E-state index in [1.165, 1.54) is 16.3 Å². The molecule has 352 valence electrons. The number of fused-ring (bicyclic) bond motifs is 2. The van der Waals surface area contributed by atoms with Gasteiger partial charge in [-0.3, -0.25) is 18.8 Å². The van der Waals surface area contributed by atoms with Gasteiger partial charge >= 0.3 is 5.69 Å². The van der Waals surface area contributed by atoms with E-state index in [1.807, 2.05) is 115 Å². The summed E-state index contributed by atoms with van der Waals surface area (Å²) in [6, 6.07) is 43.8. The van der Waals surface area contributed by atoms with Gasteiger partial charge in [0.15, 0.2) is 7.50 Å². The Hall–Kier alpha value is -5.35. The van der Waals surface area contributed by atoms with Crippen molar-refractivity contribution in [3.8, 4) is 11.5 Å². The lowest BCUT2D eigenvalue weighted by Crippen LogP contribution is -2.52. The first-order valence-electron chi connectivity index (χ1n) is 22.5. The number of anilines is 1. The van der Waals surface area contributed by atoms with Crippen molar-refractivity contribution in [1.82, 2.24) is 14.2 Å². The van der Waals surface area contributed by atoms with E-state index in [0.717, 1.165) is 42.6 Å². The van der Waals surface area contributed by atoms with Gasteiger partial charge in [-0.05, 0) is 72.9 Å². The van der Waals surface area contributed by atoms with Crippen LogP contribution in [0.1, 0.15) is 55.8 Å². The first-order chi connectivity index (χ1) is 33.2. The van der Waals surface area contributed by atoms with Crippen LogP contribution in [0, 0.1) is 6.92 Å². The summed E-state index contributed by atoms with van der Waals surface area (Å²) in [5, 5.41) is 2.84. The fraction of sp³-hybridized carbons (Fsp3) is 0.308. The Bertz CT molecular complexity index is 2670. The van der Waals surface area contributed by atoms with Gasteiger partial charge in [0, 0.05) is 47.5 Å². The number of thioether (sulfide) groups is 1. The average molecular weight is 973 g/mol. The SMILES string of the molecule is COc1ccc(C(OC[C@@]23CO[C@@](n4cc(C)c(NC(=O)c5ccccc5)nc4=O)(CO2)C3OP(SCCSC(=O)c2ccccc2)N2CCCC2)(c2ccccc2)c2ccc(OC)cc2)cc1. The van der Waals surface area contributed by atoms with Crippen molar-refractivity contribution in [1.29, 1.82) is 0 Å². The molecule has 68 heavy (non-hydrogen) atoms. The number of aromatic nitrogens is 2. The van der Waals surface area contributed by atoms with Crippen LogP contribution < -0.4 is 20.5 Å². The summed E-state index contributed by atoms with van der Waals surface area (Å²) in [4.78, 5) is 45.2. The molecule has 0 saturated carbocycles. The lowest BCUT2D eigenvalue weighted by Gasteiger charge is -2.40. The molecule has 0 spiro atoms. The van der Waals surface area contributed by atoms with E-state index in [1.54, 1.807) is 63.0 Å². The number of benzene rings is 5. The summed E-state index contributed by atoms with van der Waals surface area (Å²) in [6.07, 6.45) is 2.82. The topological polar surface area (TPSA) is 140 Å². The Morgan fingerprint density at radius 1 is 0.765 bits per heavy atom. The first-order valence-corrected chi connectivity index (χ1v) is 26.3. The molecule has 0 aliphatic carbocycles. The van der Waals surface area contributed by atoms with Crippen LogP contribution in [0.4, 0.5) is 5.82 Å². The standard InChI is InChI=1S/C52H53N4O9PS2/c1-37-33-56(49(59)54-45(37)53-46(57)38-15-7-4-8-16-38)51-36-62-50(34-63-51,48(51)65-66(55-29-13-14-30-55)68-32-31-67-47(58)39-17-9-5-10-18-39)35-64-52(40-19-11-6-12-20-40,41-21-25-43(60-2)26-22-41)42-23-27-44(61-3)28-24-42/h4-12,15-28,33,48H,13-14,29-32,34-36H2,1-3H3,(H,53,54,57,59)/t48?,50-,51+,66?/m1/s1. The molecule has 3 aliphatic rings. The lowest BCUT2D eigenvalue weighted by molar-refractivity contribution is -0.186. The van der Waals surface area contributed by atoms with E-state index in [4.69, 9.17) is 28.2 Å². The molecule has 13 nitrogen and oxygen atoms in total. The zero-order valence-corrected chi connectivity index (χ0v) is 40.6. The summed E-state index contributed by atoms with van der Waals surface area (Å²) in [5.41, 5.74) is -0.332. The molecule has 3 fully saturated rings. The van der Waals surface area contributed by atoms with Gasteiger partial charge in [-0.15, -0.1) is 0 Å². The molecule has 16 heteroatoms. The Balaban J connectivity index is 1.10. The number of hydrogen-bond donors (Lipinski definition) is 1. The van der Waals surface area contributed by atoms with E-state index in [9.17, 15) is 14.4 Å². The van der Waals surface area contributed by atoms with Crippen LogP contribution in [0.3, 0.4) is 0 Å². The zero-order valence-electron chi connectivity index (χ0n) is 38.1. The molecule has 1 aromatic heterocycles. The van der Waals surface area contributed by atoms with Gasteiger partial charge < -0.3 is 33.5 Å². The van der Waals surface area contributed by atoms with Gasteiger partial charge in [0.1, 0.15) is 34.6 Å². The van der Waals surface area contributed by atoms with Crippen LogP contribution in [0.5, 0.6) is 11.5 Å². The van der Waals surface area contributed by atoms with Gasteiger partial charge in [-0.25, -0.2) is 4.79 Å². The number of carbonyl (C=O) groups excluding carboxylic acids is 2. The molecule has 4 atom stereocenters. The summed E-state index contributed by atoms with van der Waals surface area (Å²) in [6.45, 7) is 3.42. The molecule has 0 radical (unpaired) electrons. The van der Waals surface area contributed by atoms with Crippen molar-refractivity contribution in [2.45, 2.75) is 42.8 Å². The van der Waals surface area contributed by atoms with Crippen LogP contribution in [-0.2, 0) is 30.1 Å². The number of methoxy groups -OCH3 is 2. The van der Waals surface area contributed by atoms with E-state index >= 15 is 0 Å². The summed E-state index contributed by atoms with van der Waals surface area (Å²) >= 11 is 2.96. The highest BCUT2D eigenvalue weighted by atomic mass is 32.7. The number of aryl methyl sites for hydroxylation is 1. The third-order valence-electron chi connectivity index (χ3n) is 12.5. The fourth-order valence-electron chi connectivity index (χ4n) is 8.95. The molecule has 2 bridgehead atoms. The third kappa shape index (κ3) is 9.64. The zero-order chi connectivity index (χ0) is 47.1. The summed E-state index contributed by atoms with van der Waals surface area (Å²) in [7, 11) is 1.89. The van der Waals surface area contributed by atoms with Crippen LogP contribution >= 0.6 is 30.6 Å². The Morgan fingerprint density at radius 3 is 1.91 bits per heavy atom. The Labute approximate surface area is 405 Å². The van der Waals surface area contributed by atoms with E-state index < -0.39 is 36.2 Å². The molecule has 5 aromatic carbocycles. The quantitative estimate of drug-likeness (QED) is 0.0469. The highest BCUT2D eigenvalue weighted by Crippen LogP contribution is 2.62. The molecular weight excluding hydrogens is 920 g/mol. The van der Waals surface area contributed by atoms with Crippen LogP contribution in [0.25, 0.3) is 0 Å². The Kier molecular flexibility index (Phi) is 14.8. The largest absolute Gasteiger partial charge is 0.497 e. The minimum atomic E-state index is -1.46. The van der Waals surface area contributed by atoms with Crippen molar-refractivity contribution in [2.24, 2.45) is 0 Å². The summed E-state index contributed by atoms with van der Waals surface area (Å²) < 4.78 is 43.8. The van der Waals surface area contributed by atoms with Crippen LogP contribution in [-0.4, -0.2) is 95.6 Å². The molecular formula is C52H53N4O9PS2. The predicted molar refractivity (Wildman–Crippen MR) is 267 cm³/mol. The number of ether oxygens (including phenoxy) is 5. The maximum Gasteiger partial charge on any atom is 0.352 e. The summed E-state index contributed by atoms with van der Waals surface area (Å²) in [5.74, 6) is 2.36. The highest BCUT2D eigenvalue weighted by molar-refractivity contribution is 8.53. The number of carbonyl (C=O) groups is 2. The fourth-order valence-corrected chi connectivity index (χ4v) is 14.3. The van der Waals surface area contributed by atoms with Crippen LogP contribution in [0.2, 0.25) is 0 Å². The maximum atomic E-state index is 14.5. The van der Waals surface area contributed by atoms with E-state index in [0.29, 0.717) is 39.7 Å². The van der Waals surface area contributed by atoms with Gasteiger partial charge in [0.2, 0.25) is 10.8 Å². The molecule has 1 amide bonds. The second-order valence-corrected chi connectivity index (χ2v) is 21.4. The van der Waals surface area contributed by atoms with Crippen molar-refractivity contribution >= 4 is 47.5 Å². The minimum absolute atomic E-state index is 0.0181. The second kappa shape index (κ2) is 21.1. The van der Waals surface area contributed by atoms with Crippen molar-refractivity contribution in [3.63, 3.8) is 0 Å². The minimum Gasteiger partial charge on any atom is -0.497 e. The molecule has 3 aliphatic heterocycles. The second-order valence-electron chi connectivity index (χ2n) is 16.7. The number of amides is 1. The Morgan fingerprint density at radius 2 is 1.34 bits per heavy atom. The van der Waals surface area contributed by atoms with Crippen molar-refractivity contribution in [3.05, 3.63) is 190 Å². The predicted octanol–water partition coefficient (Wildman–Crippen LogP) is 9.30. The van der Waals surface area contributed by atoms with Gasteiger partial charge in [-0.1, -0.05) is 126 Å². The molecule has 3 saturated heterocycles. The van der Waals surface area contributed by atoms with Crippen molar-refractivity contribution < 1.29 is 37.8 Å². The molecule has 9 rings (SSSR count). The maximum absolute atomic E-state index is 14.5.